The number of benzene rings is 1. The Bertz CT molecular complexity index is 988. The summed E-state index contributed by atoms with van der Waals surface area (Å²) in [5, 5.41) is 10.3. The summed E-state index contributed by atoms with van der Waals surface area (Å²) in [5.41, 5.74) is 1.64. The van der Waals surface area contributed by atoms with Gasteiger partial charge in [0.25, 0.3) is 10.0 Å². The van der Waals surface area contributed by atoms with Crippen LogP contribution in [0.2, 0.25) is 0 Å². The average molecular weight is 364 g/mol. The van der Waals surface area contributed by atoms with E-state index in [1.165, 1.54) is 6.07 Å². The number of hydrogen-bond acceptors (Lipinski definition) is 4. The maximum atomic E-state index is 12.4. The molecule has 0 radical (unpaired) electrons. The minimum absolute atomic E-state index is 0.0585. The van der Waals surface area contributed by atoms with Gasteiger partial charge in [-0.25, -0.2) is 8.42 Å². The van der Waals surface area contributed by atoms with Crippen LogP contribution in [0.5, 0.6) is 0 Å². The molecule has 2 aromatic heterocycles. The minimum atomic E-state index is -3.86. The molecule has 3 N–H and O–H groups in total. The molecular formula is C16H16N2O4S2. The molecule has 8 heteroatoms. The SMILES string of the molecule is Cc1ccc(S(=O)(=O)NC(Cc2c[nH]c3ccccc23)C(=O)O)s1. The van der Waals surface area contributed by atoms with Crippen LogP contribution in [0.3, 0.4) is 0 Å². The van der Waals surface area contributed by atoms with Gasteiger partial charge in [0, 0.05) is 28.4 Å². The van der Waals surface area contributed by atoms with Crippen LogP contribution in [0.15, 0.2) is 46.8 Å². The first kappa shape index (κ1) is 16.7. The Morgan fingerprint density at radius 1 is 1.29 bits per heavy atom. The summed E-state index contributed by atoms with van der Waals surface area (Å²) in [6.07, 6.45) is 1.77. The summed E-state index contributed by atoms with van der Waals surface area (Å²) in [6.45, 7) is 1.80. The molecule has 0 fully saturated rings. The second-order valence-electron chi connectivity index (χ2n) is 5.44. The molecular weight excluding hydrogens is 348 g/mol. The summed E-state index contributed by atoms with van der Waals surface area (Å²) in [4.78, 5) is 15.5. The number of fused-ring (bicyclic) bond motifs is 1. The molecule has 0 amide bonds. The van der Waals surface area contributed by atoms with Gasteiger partial charge in [0.15, 0.2) is 0 Å². The van der Waals surface area contributed by atoms with Crippen LogP contribution in [0.1, 0.15) is 10.4 Å². The lowest BCUT2D eigenvalue weighted by Gasteiger charge is -2.13. The number of nitrogens with one attached hydrogen (secondary N) is 2. The minimum Gasteiger partial charge on any atom is -0.480 e. The third kappa shape index (κ3) is 3.35. The van der Waals surface area contributed by atoms with Gasteiger partial charge in [0.05, 0.1) is 0 Å². The Morgan fingerprint density at radius 3 is 2.71 bits per heavy atom. The summed E-state index contributed by atoms with van der Waals surface area (Å²) in [7, 11) is -3.86. The van der Waals surface area contributed by atoms with Gasteiger partial charge in [0.1, 0.15) is 10.3 Å². The van der Waals surface area contributed by atoms with E-state index in [1.54, 1.807) is 19.2 Å². The molecule has 1 unspecified atom stereocenters. The van der Waals surface area contributed by atoms with Crippen molar-refractivity contribution in [3.8, 4) is 0 Å². The van der Waals surface area contributed by atoms with Crippen molar-refractivity contribution in [2.45, 2.75) is 23.6 Å². The zero-order valence-electron chi connectivity index (χ0n) is 12.8. The van der Waals surface area contributed by atoms with Crippen molar-refractivity contribution in [2.75, 3.05) is 0 Å². The largest absolute Gasteiger partial charge is 0.480 e. The number of para-hydroxylation sites is 1. The number of hydrogen-bond donors (Lipinski definition) is 3. The molecule has 3 aromatic rings. The van der Waals surface area contributed by atoms with Gasteiger partial charge in [-0.2, -0.15) is 4.72 Å². The molecule has 6 nitrogen and oxygen atoms in total. The summed E-state index contributed by atoms with van der Waals surface area (Å²) in [5.74, 6) is -1.21. The zero-order valence-corrected chi connectivity index (χ0v) is 14.4. The first-order valence-corrected chi connectivity index (χ1v) is 9.53. The van der Waals surface area contributed by atoms with E-state index in [2.05, 4.69) is 9.71 Å². The van der Waals surface area contributed by atoms with Gasteiger partial charge in [-0.3, -0.25) is 4.79 Å². The lowest BCUT2D eigenvalue weighted by Crippen LogP contribution is -2.41. The van der Waals surface area contributed by atoms with Crippen LogP contribution >= 0.6 is 11.3 Å². The molecule has 0 saturated carbocycles. The maximum Gasteiger partial charge on any atom is 0.322 e. The van der Waals surface area contributed by atoms with E-state index in [9.17, 15) is 18.3 Å². The highest BCUT2D eigenvalue weighted by molar-refractivity contribution is 7.91. The van der Waals surface area contributed by atoms with Crippen molar-refractivity contribution < 1.29 is 18.3 Å². The Kier molecular flexibility index (Phi) is 4.44. The Balaban J connectivity index is 1.87. The smallest absolute Gasteiger partial charge is 0.322 e. The number of carbonyl (C=O) groups is 1. The predicted octanol–water partition coefficient (Wildman–Crippen LogP) is 2.51. The molecule has 1 aromatic carbocycles. The fraction of sp³-hybridized carbons (Fsp3) is 0.188. The molecule has 1 atom stereocenters. The number of H-pyrrole nitrogens is 1. The van der Waals surface area contributed by atoms with E-state index in [0.717, 1.165) is 32.7 Å². The molecule has 3 rings (SSSR count). The van der Waals surface area contributed by atoms with Crippen molar-refractivity contribution in [3.05, 3.63) is 53.0 Å². The summed E-state index contributed by atoms with van der Waals surface area (Å²) >= 11 is 1.11. The fourth-order valence-corrected chi connectivity index (χ4v) is 4.99. The van der Waals surface area contributed by atoms with Gasteiger partial charge < -0.3 is 10.1 Å². The van der Waals surface area contributed by atoms with Crippen molar-refractivity contribution in [3.63, 3.8) is 0 Å². The van der Waals surface area contributed by atoms with E-state index in [4.69, 9.17) is 0 Å². The molecule has 0 aliphatic heterocycles. The van der Waals surface area contributed by atoms with Gasteiger partial charge in [0.2, 0.25) is 0 Å². The van der Waals surface area contributed by atoms with Gasteiger partial charge in [-0.15, -0.1) is 11.3 Å². The zero-order chi connectivity index (χ0) is 17.3. The maximum absolute atomic E-state index is 12.4. The van der Waals surface area contributed by atoms with Crippen molar-refractivity contribution >= 4 is 38.2 Å². The quantitative estimate of drug-likeness (QED) is 0.626. The Labute approximate surface area is 143 Å². The predicted molar refractivity (Wildman–Crippen MR) is 92.8 cm³/mol. The molecule has 2 heterocycles. The van der Waals surface area contributed by atoms with Crippen molar-refractivity contribution in [1.82, 2.24) is 9.71 Å². The van der Waals surface area contributed by atoms with Crippen LogP contribution < -0.4 is 4.72 Å². The third-order valence-corrected chi connectivity index (χ3v) is 6.64. The second kappa shape index (κ2) is 6.39. The molecule has 24 heavy (non-hydrogen) atoms. The topological polar surface area (TPSA) is 99.3 Å². The van der Waals surface area contributed by atoms with Crippen LogP contribution in [-0.2, 0) is 21.2 Å². The van der Waals surface area contributed by atoms with E-state index in [0.29, 0.717) is 0 Å². The van der Waals surface area contributed by atoms with Crippen LogP contribution in [0.25, 0.3) is 10.9 Å². The number of aliphatic carboxylic acids is 1. The number of sulfonamides is 1. The molecule has 0 saturated heterocycles. The highest BCUT2D eigenvalue weighted by atomic mass is 32.2. The molecule has 0 aliphatic carbocycles. The number of thiophene rings is 1. The fourth-order valence-electron chi connectivity index (χ4n) is 2.50. The lowest BCUT2D eigenvalue weighted by atomic mass is 10.1. The Hall–Kier alpha value is -2.16. The van der Waals surface area contributed by atoms with E-state index in [1.807, 2.05) is 24.3 Å². The average Bonchev–Trinajstić information content (AvgIpc) is 3.14. The van der Waals surface area contributed by atoms with E-state index in [-0.39, 0.29) is 10.6 Å². The van der Waals surface area contributed by atoms with Crippen LogP contribution in [-0.4, -0.2) is 30.5 Å². The van der Waals surface area contributed by atoms with E-state index >= 15 is 0 Å². The monoisotopic (exact) mass is 364 g/mol. The first-order valence-electron chi connectivity index (χ1n) is 7.23. The standard InChI is InChI=1S/C16H16N2O4S2/c1-10-6-7-15(23-10)24(21,22)18-14(16(19)20)8-11-9-17-13-5-3-2-4-12(11)13/h2-7,9,14,17-18H,8H2,1H3,(H,19,20). The number of rotatable bonds is 6. The number of aromatic nitrogens is 1. The number of aromatic amines is 1. The summed E-state index contributed by atoms with van der Waals surface area (Å²) in [6, 6.07) is 9.41. The van der Waals surface area contributed by atoms with Crippen molar-refractivity contribution in [2.24, 2.45) is 0 Å². The molecule has 0 bridgehead atoms. The second-order valence-corrected chi connectivity index (χ2v) is 8.67. The first-order chi connectivity index (χ1) is 11.4. The van der Waals surface area contributed by atoms with Gasteiger partial charge in [-0.05, 0) is 30.7 Å². The molecule has 0 spiro atoms. The number of carboxylic acid groups (broad SMARTS) is 1. The van der Waals surface area contributed by atoms with Crippen molar-refractivity contribution in [1.29, 1.82) is 0 Å². The highest BCUT2D eigenvalue weighted by Gasteiger charge is 2.27. The van der Waals surface area contributed by atoms with E-state index < -0.39 is 22.0 Å². The van der Waals surface area contributed by atoms with Crippen LogP contribution in [0, 0.1) is 6.92 Å². The lowest BCUT2D eigenvalue weighted by molar-refractivity contribution is -0.138. The third-order valence-electron chi connectivity index (χ3n) is 3.68. The Morgan fingerprint density at radius 2 is 2.04 bits per heavy atom. The van der Waals surface area contributed by atoms with Gasteiger partial charge in [-0.1, -0.05) is 18.2 Å². The number of aryl methyl sites for hydroxylation is 1. The summed E-state index contributed by atoms with van der Waals surface area (Å²) < 4.78 is 27.2. The van der Waals surface area contributed by atoms with Gasteiger partial charge >= 0.3 is 5.97 Å². The van der Waals surface area contributed by atoms with Crippen LogP contribution in [0.4, 0.5) is 0 Å². The normalized spacial score (nSPS) is 13.2. The number of carboxylic acids is 1. The molecule has 126 valence electrons. The highest BCUT2D eigenvalue weighted by Crippen LogP contribution is 2.22. The molecule has 0 aliphatic rings.